The Morgan fingerprint density at radius 3 is 2.18 bits per heavy atom. The van der Waals surface area contributed by atoms with Crippen LogP contribution in [0.4, 0.5) is 18.9 Å². The number of piperazine rings is 1. The minimum Gasteiger partial charge on any atom is -0.325 e. The number of carbonyl (C=O) groups is 1. The number of rotatable bonds is 5. The van der Waals surface area contributed by atoms with Crippen LogP contribution in [-0.2, 0) is 17.5 Å². The highest BCUT2D eigenvalue weighted by molar-refractivity contribution is 5.92. The molecule has 0 spiro atoms. The third-order valence-electron chi connectivity index (χ3n) is 4.94. The van der Waals surface area contributed by atoms with Crippen LogP contribution in [0.15, 0.2) is 48.5 Å². The highest BCUT2D eigenvalue weighted by atomic mass is 19.4. The van der Waals surface area contributed by atoms with E-state index in [4.69, 9.17) is 0 Å². The number of para-hydroxylation sites is 1. The lowest BCUT2D eigenvalue weighted by atomic mass is 10.1. The molecule has 7 heteroatoms. The molecular formula is C21H24F3N3O. The first-order chi connectivity index (χ1) is 13.3. The van der Waals surface area contributed by atoms with Gasteiger partial charge in [-0.05, 0) is 36.2 Å². The normalized spacial score (nSPS) is 16.1. The van der Waals surface area contributed by atoms with E-state index in [1.54, 1.807) is 0 Å². The zero-order valence-electron chi connectivity index (χ0n) is 15.8. The van der Waals surface area contributed by atoms with Crippen LogP contribution in [0.25, 0.3) is 0 Å². The molecule has 0 bridgehead atoms. The topological polar surface area (TPSA) is 35.6 Å². The Labute approximate surface area is 162 Å². The zero-order valence-corrected chi connectivity index (χ0v) is 15.8. The number of aryl methyl sites for hydroxylation is 1. The third kappa shape index (κ3) is 5.56. The standard InChI is InChI=1S/C21H24F3N3O/c1-16-4-2-3-5-19(16)25-20(28)15-27-12-10-26(11-13-27)14-17-6-8-18(9-7-17)21(22,23)24/h2-9H,10-15H2,1H3,(H,25,28). The number of hydrogen-bond acceptors (Lipinski definition) is 3. The molecule has 28 heavy (non-hydrogen) atoms. The Kier molecular flexibility index (Phi) is 6.36. The van der Waals surface area contributed by atoms with Gasteiger partial charge in [-0.15, -0.1) is 0 Å². The van der Waals surface area contributed by atoms with Gasteiger partial charge in [0.15, 0.2) is 0 Å². The summed E-state index contributed by atoms with van der Waals surface area (Å²) in [5.74, 6) is -0.0366. The summed E-state index contributed by atoms with van der Waals surface area (Å²) in [4.78, 5) is 16.5. The second-order valence-corrected chi connectivity index (χ2v) is 7.11. The predicted octanol–water partition coefficient (Wildman–Crippen LogP) is 3.77. The molecule has 1 N–H and O–H groups in total. The average Bonchev–Trinajstić information content (AvgIpc) is 2.65. The lowest BCUT2D eigenvalue weighted by Gasteiger charge is -2.34. The summed E-state index contributed by atoms with van der Waals surface area (Å²) in [5.41, 5.74) is 2.09. The van der Waals surface area contributed by atoms with Crippen molar-refractivity contribution in [2.75, 3.05) is 38.0 Å². The first kappa shape index (κ1) is 20.4. The first-order valence-corrected chi connectivity index (χ1v) is 9.27. The predicted molar refractivity (Wildman–Crippen MR) is 103 cm³/mol. The Balaban J connectivity index is 1.44. The van der Waals surface area contributed by atoms with Crippen LogP contribution in [0.1, 0.15) is 16.7 Å². The Morgan fingerprint density at radius 1 is 0.964 bits per heavy atom. The Bertz CT molecular complexity index is 797. The van der Waals surface area contributed by atoms with Crippen molar-refractivity contribution in [3.63, 3.8) is 0 Å². The fourth-order valence-electron chi connectivity index (χ4n) is 3.27. The van der Waals surface area contributed by atoms with Crippen molar-refractivity contribution >= 4 is 11.6 Å². The summed E-state index contributed by atoms with van der Waals surface area (Å²) in [7, 11) is 0. The summed E-state index contributed by atoms with van der Waals surface area (Å²) >= 11 is 0. The monoisotopic (exact) mass is 391 g/mol. The SMILES string of the molecule is Cc1ccccc1NC(=O)CN1CCN(Cc2ccc(C(F)(F)F)cc2)CC1. The molecule has 1 aliphatic heterocycles. The molecule has 4 nitrogen and oxygen atoms in total. The van der Waals surface area contributed by atoms with E-state index in [9.17, 15) is 18.0 Å². The number of carbonyl (C=O) groups excluding carboxylic acids is 1. The smallest absolute Gasteiger partial charge is 0.325 e. The summed E-state index contributed by atoms with van der Waals surface area (Å²) in [6.07, 6.45) is -4.30. The molecule has 1 saturated heterocycles. The van der Waals surface area contributed by atoms with Gasteiger partial charge in [0.1, 0.15) is 0 Å². The van der Waals surface area contributed by atoms with E-state index in [2.05, 4.69) is 15.1 Å². The maximum Gasteiger partial charge on any atom is 0.416 e. The van der Waals surface area contributed by atoms with Crippen molar-refractivity contribution in [3.05, 3.63) is 65.2 Å². The number of nitrogens with one attached hydrogen (secondary N) is 1. The van der Waals surface area contributed by atoms with Gasteiger partial charge < -0.3 is 5.32 Å². The van der Waals surface area contributed by atoms with E-state index in [0.717, 1.165) is 55.1 Å². The maximum atomic E-state index is 12.6. The Hall–Kier alpha value is -2.38. The van der Waals surface area contributed by atoms with Gasteiger partial charge in [-0.3, -0.25) is 14.6 Å². The van der Waals surface area contributed by atoms with Crippen LogP contribution < -0.4 is 5.32 Å². The molecule has 1 heterocycles. The van der Waals surface area contributed by atoms with Crippen molar-refractivity contribution in [3.8, 4) is 0 Å². The largest absolute Gasteiger partial charge is 0.416 e. The van der Waals surface area contributed by atoms with Crippen LogP contribution in [0, 0.1) is 6.92 Å². The van der Waals surface area contributed by atoms with E-state index in [-0.39, 0.29) is 5.91 Å². The summed E-state index contributed by atoms with van der Waals surface area (Å²) in [6.45, 7) is 5.96. The van der Waals surface area contributed by atoms with Gasteiger partial charge in [-0.2, -0.15) is 13.2 Å². The van der Waals surface area contributed by atoms with Crippen molar-refractivity contribution in [1.29, 1.82) is 0 Å². The van der Waals surface area contributed by atoms with Gasteiger partial charge in [0.2, 0.25) is 5.91 Å². The molecule has 0 aliphatic carbocycles. The number of benzene rings is 2. The van der Waals surface area contributed by atoms with E-state index >= 15 is 0 Å². The second kappa shape index (κ2) is 8.75. The summed E-state index contributed by atoms with van der Waals surface area (Å²) in [6, 6.07) is 13.0. The lowest BCUT2D eigenvalue weighted by molar-refractivity contribution is -0.137. The van der Waals surface area contributed by atoms with Crippen LogP contribution in [0.3, 0.4) is 0 Å². The minimum absolute atomic E-state index is 0.0366. The van der Waals surface area contributed by atoms with Crippen molar-refractivity contribution in [2.24, 2.45) is 0 Å². The van der Waals surface area contributed by atoms with E-state index in [1.165, 1.54) is 12.1 Å². The Morgan fingerprint density at radius 2 is 1.57 bits per heavy atom. The quantitative estimate of drug-likeness (QED) is 0.843. The van der Waals surface area contributed by atoms with Crippen LogP contribution in [0.5, 0.6) is 0 Å². The van der Waals surface area contributed by atoms with Gasteiger partial charge in [-0.1, -0.05) is 30.3 Å². The molecule has 0 unspecified atom stereocenters. The van der Waals surface area contributed by atoms with E-state index in [1.807, 2.05) is 31.2 Å². The average molecular weight is 391 g/mol. The molecule has 3 rings (SSSR count). The maximum absolute atomic E-state index is 12.6. The molecule has 0 saturated carbocycles. The number of anilines is 1. The second-order valence-electron chi connectivity index (χ2n) is 7.11. The highest BCUT2D eigenvalue weighted by Gasteiger charge is 2.30. The summed E-state index contributed by atoms with van der Waals surface area (Å²) in [5, 5.41) is 2.94. The molecule has 0 aromatic heterocycles. The molecule has 150 valence electrons. The lowest BCUT2D eigenvalue weighted by Crippen LogP contribution is -2.48. The number of nitrogens with zero attached hydrogens (tertiary/aromatic N) is 2. The van der Waals surface area contributed by atoms with Gasteiger partial charge in [0.05, 0.1) is 12.1 Å². The number of alkyl halides is 3. The number of halogens is 3. The molecule has 1 fully saturated rings. The fraction of sp³-hybridized carbons (Fsp3) is 0.381. The molecule has 1 aliphatic rings. The third-order valence-corrected chi connectivity index (χ3v) is 4.94. The molecular weight excluding hydrogens is 367 g/mol. The van der Waals surface area contributed by atoms with Crippen LogP contribution in [-0.4, -0.2) is 48.4 Å². The minimum atomic E-state index is -4.30. The summed E-state index contributed by atoms with van der Waals surface area (Å²) < 4.78 is 37.9. The van der Waals surface area contributed by atoms with Gasteiger partial charge in [0.25, 0.3) is 0 Å². The molecule has 0 radical (unpaired) electrons. The molecule has 1 amide bonds. The van der Waals surface area contributed by atoms with Crippen molar-refractivity contribution in [1.82, 2.24) is 9.80 Å². The van der Waals surface area contributed by atoms with Gasteiger partial charge in [-0.25, -0.2) is 0 Å². The van der Waals surface area contributed by atoms with E-state index < -0.39 is 11.7 Å². The van der Waals surface area contributed by atoms with Gasteiger partial charge in [0, 0.05) is 38.4 Å². The van der Waals surface area contributed by atoms with E-state index in [0.29, 0.717) is 13.1 Å². The first-order valence-electron chi connectivity index (χ1n) is 9.27. The van der Waals surface area contributed by atoms with Crippen molar-refractivity contribution in [2.45, 2.75) is 19.6 Å². The van der Waals surface area contributed by atoms with Crippen LogP contribution >= 0.6 is 0 Å². The molecule has 0 atom stereocenters. The number of amides is 1. The van der Waals surface area contributed by atoms with Gasteiger partial charge >= 0.3 is 6.18 Å². The zero-order chi connectivity index (χ0) is 20.1. The fourth-order valence-corrected chi connectivity index (χ4v) is 3.27. The van der Waals surface area contributed by atoms with Crippen LogP contribution in [0.2, 0.25) is 0 Å². The number of hydrogen-bond donors (Lipinski definition) is 1. The molecule has 2 aromatic rings. The molecule has 2 aromatic carbocycles. The highest BCUT2D eigenvalue weighted by Crippen LogP contribution is 2.29. The van der Waals surface area contributed by atoms with Crippen molar-refractivity contribution < 1.29 is 18.0 Å².